The first-order chi connectivity index (χ1) is 11.4. The minimum absolute atomic E-state index is 0.327. The predicted molar refractivity (Wildman–Crippen MR) is 103 cm³/mol. The van der Waals surface area contributed by atoms with E-state index < -0.39 is 0 Å². The smallest absolute Gasteiger partial charge is 0.0826 e. The summed E-state index contributed by atoms with van der Waals surface area (Å²) in [4.78, 5) is 2.48. The minimum atomic E-state index is 0.327. The van der Waals surface area contributed by atoms with Crippen LogP contribution in [0.3, 0.4) is 0 Å². The van der Waals surface area contributed by atoms with Gasteiger partial charge in [0.15, 0.2) is 0 Å². The van der Waals surface area contributed by atoms with Crippen molar-refractivity contribution in [2.24, 2.45) is 11.3 Å². The second-order valence-electron chi connectivity index (χ2n) is 8.62. The second-order valence-corrected chi connectivity index (χ2v) is 8.62. The molecule has 0 aromatic carbocycles. The number of nitrogens with one attached hydrogen (secondary N) is 1. The van der Waals surface area contributed by atoms with Gasteiger partial charge in [0.05, 0.1) is 19.3 Å². The van der Waals surface area contributed by atoms with Gasteiger partial charge in [0, 0.05) is 32.8 Å². The van der Waals surface area contributed by atoms with Crippen LogP contribution in [0.4, 0.5) is 0 Å². The summed E-state index contributed by atoms with van der Waals surface area (Å²) in [5.74, 6) is 0.760. The molecule has 0 bridgehead atoms. The summed E-state index contributed by atoms with van der Waals surface area (Å²) in [5, 5.41) is 3.58. The number of morpholine rings is 1. The molecule has 1 fully saturated rings. The zero-order chi connectivity index (χ0) is 17.8. The number of rotatable bonds is 12. The maximum Gasteiger partial charge on any atom is 0.0826 e. The Morgan fingerprint density at radius 2 is 2.08 bits per heavy atom. The molecule has 1 rings (SSSR count). The fraction of sp³-hybridized carbons (Fsp3) is 1.00. The highest BCUT2D eigenvalue weighted by molar-refractivity contribution is 4.74. The molecule has 1 aliphatic rings. The van der Waals surface area contributed by atoms with Crippen LogP contribution in [0.2, 0.25) is 0 Å². The molecule has 0 aromatic heterocycles. The molecule has 1 aliphatic heterocycles. The lowest BCUT2D eigenvalue weighted by atomic mass is 9.91. The first-order valence-electron chi connectivity index (χ1n) is 10.0. The molecular weight excluding hydrogens is 300 g/mol. The lowest BCUT2D eigenvalue weighted by Crippen LogP contribution is -2.48. The van der Waals surface area contributed by atoms with Crippen LogP contribution in [0, 0.1) is 11.3 Å². The van der Waals surface area contributed by atoms with Crippen molar-refractivity contribution < 1.29 is 9.47 Å². The van der Waals surface area contributed by atoms with E-state index in [0.717, 1.165) is 64.9 Å². The molecule has 4 heteroatoms. The molecule has 0 aromatic rings. The summed E-state index contributed by atoms with van der Waals surface area (Å²) >= 11 is 0. The Hall–Kier alpha value is -0.160. The van der Waals surface area contributed by atoms with Crippen molar-refractivity contribution in [3.63, 3.8) is 0 Å². The van der Waals surface area contributed by atoms with Crippen LogP contribution in [0.1, 0.15) is 60.3 Å². The SMILES string of the molecule is CCCC(C)CNCC1CN(CCOCCCC(C)(C)C)CCO1. The average Bonchev–Trinajstić information content (AvgIpc) is 2.50. The van der Waals surface area contributed by atoms with E-state index in [2.05, 4.69) is 44.8 Å². The maximum absolute atomic E-state index is 5.89. The standard InChI is InChI=1S/C20H42N2O2/c1-6-8-18(2)15-21-16-19-17-22(11-14-24-19)10-13-23-12-7-9-20(3,4)5/h18-19,21H,6-17H2,1-5H3. The highest BCUT2D eigenvalue weighted by atomic mass is 16.5. The van der Waals surface area contributed by atoms with Gasteiger partial charge in [-0.1, -0.05) is 41.0 Å². The van der Waals surface area contributed by atoms with Gasteiger partial charge in [0.25, 0.3) is 0 Å². The Labute approximate surface area is 150 Å². The van der Waals surface area contributed by atoms with Crippen LogP contribution < -0.4 is 5.32 Å². The summed E-state index contributed by atoms with van der Waals surface area (Å²) in [5.41, 5.74) is 0.419. The van der Waals surface area contributed by atoms with Crippen molar-refractivity contribution in [2.75, 3.05) is 52.5 Å². The molecule has 1 saturated heterocycles. The third-order valence-corrected chi connectivity index (χ3v) is 4.64. The molecule has 0 spiro atoms. The fourth-order valence-electron chi connectivity index (χ4n) is 3.19. The second kappa shape index (κ2) is 12.2. The van der Waals surface area contributed by atoms with Crippen LogP contribution in [-0.2, 0) is 9.47 Å². The summed E-state index contributed by atoms with van der Waals surface area (Å²) in [6, 6.07) is 0. The summed E-state index contributed by atoms with van der Waals surface area (Å²) < 4.78 is 11.7. The van der Waals surface area contributed by atoms with E-state index in [-0.39, 0.29) is 0 Å². The van der Waals surface area contributed by atoms with E-state index in [4.69, 9.17) is 9.47 Å². The molecule has 0 saturated carbocycles. The van der Waals surface area contributed by atoms with Gasteiger partial charge in [-0.15, -0.1) is 0 Å². The monoisotopic (exact) mass is 342 g/mol. The Morgan fingerprint density at radius 1 is 1.29 bits per heavy atom. The van der Waals surface area contributed by atoms with Gasteiger partial charge in [-0.05, 0) is 37.1 Å². The highest BCUT2D eigenvalue weighted by Crippen LogP contribution is 2.20. The molecule has 1 N–H and O–H groups in total. The van der Waals surface area contributed by atoms with Gasteiger partial charge in [0.1, 0.15) is 0 Å². The third-order valence-electron chi connectivity index (χ3n) is 4.64. The lowest BCUT2D eigenvalue weighted by Gasteiger charge is -2.33. The van der Waals surface area contributed by atoms with Gasteiger partial charge < -0.3 is 14.8 Å². The van der Waals surface area contributed by atoms with Gasteiger partial charge in [-0.2, -0.15) is 0 Å². The van der Waals surface area contributed by atoms with Crippen LogP contribution in [0.15, 0.2) is 0 Å². The topological polar surface area (TPSA) is 33.7 Å². The van der Waals surface area contributed by atoms with Gasteiger partial charge in [-0.25, -0.2) is 0 Å². The van der Waals surface area contributed by atoms with E-state index in [1.807, 2.05) is 0 Å². The van der Waals surface area contributed by atoms with Crippen molar-refractivity contribution in [2.45, 2.75) is 66.4 Å². The normalized spacial score (nSPS) is 21.1. The molecule has 1 heterocycles. The molecule has 0 radical (unpaired) electrons. The quantitative estimate of drug-likeness (QED) is 0.550. The molecule has 24 heavy (non-hydrogen) atoms. The van der Waals surface area contributed by atoms with E-state index in [1.54, 1.807) is 0 Å². The van der Waals surface area contributed by atoms with Crippen LogP contribution in [0.25, 0.3) is 0 Å². The molecule has 2 unspecified atom stereocenters. The summed E-state index contributed by atoms with van der Waals surface area (Å²) in [6.45, 7) is 19.2. The molecule has 0 aliphatic carbocycles. The van der Waals surface area contributed by atoms with Crippen molar-refractivity contribution in [3.8, 4) is 0 Å². The molecule has 0 amide bonds. The number of hydrogen-bond acceptors (Lipinski definition) is 4. The van der Waals surface area contributed by atoms with Gasteiger partial charge in [0.2, 0.25) is 0 Å². The van der Waals surface area contributed by atoms with E-state index in [0.29, 0.717) is 11.5 Å². The molecule has 144 valence electrons. The minimum Gasteiger partial charge on any atom is -0.380 e. The predicted octanol–water partition coefficient (Wildman–Crippen LogP) is 3.56. The largest absolute Gasteiger partial charge is 0.380 e. The third kappa shape index (κ3) is 11.4. The highest BCUT2D eigenvalue weighted by Gasteiger charge is 2.20. The van der Waals surface area contributed by atoms with Crippen LogP contribution in [-0.4, -0.2) is 63.5 Å². The van der Waals surface area contributed by atoms with Crippen LogP contribution >= 0.6 is 0 Å². The molecule has 4 nitrogen and oxygen atoms in total. The molecular formula is C20H42N2O2. The first-order valence-corrected chi connectivity index (χ1v) is 10.0. The summed E-state index contributed by atoms with van der Waals surface area (Å²) in [7, 11) is 0. The van der Waals surface area contributed by atoms with Crippen molar-refractivity contribution in [1.82, 2.24) is 10.2 Å². The summed E-state index contributed by atoms with van der Waals surface area (Å²) in [6.07, 6.45) is 5.29. The number of ether oxygens (including phenoxy) is 2. The average molecular weight is 343 g/mol. The zero-order valence-corrected chi connectivity index (χ0v) is 16.9. The van der Waals surface area contributed by atoms with Gasteiger partial charge in [-0.3, -0.25) is 4.90 Å². The first kappa shape index (κ1) is 21.9. The van der Waals surface area contributed by atoms with E-state index in [9.17, 15) is 0 Å². The zero-order valence-electron chi connectivity index (χ0n) is 16.9. The Bertz CT molecular complexity index is 305. The van der Waals surface area contributed by atoms with Gasteiger partial charge >= 0.3 is 0 Å². The van der Waals surface area contributed by atoms with Crippen molar-refractivity contribution >= 4 is 0 Å². The Kier molecular flexibility index (Phi) is 11.2. The lowest BCUT2D eigenvalue weighted by molar-refractivity contribution is -0.0353. The van der Waals surface area contributed by atoms with E-state index >= 15 is 0 Å². The fourth-order valence-corrected chi connectivity index (χ4v) is 3.19. The molecule has 2 atom stereocenters. The maximum atomic E-state index is 5.89. The number of hydrogen-bond donors (Lipinski definition) is 1. The Morgan fingerprint density at radius 3 is 2.79 bits per heavy atom. The van der Waals surface area contributed by atoms with E-state index in [1.165, 1.54) is 19.3 Å². The van der Waals surface area contributed by atoms with Crippen LogP contribution in [0.5, 0.6) is 0 Å². The van der Waals surface area contributed by atoms with Crippen molar-refractivity contribution in [3.05, 3.63) is 0 Å². The number of nitrogens with zero attached hydrogens (tertiary/aromatic N) is 1. The van der Waals surface area contributed by atoms with Crippen molar-refractivity contribution in [1.29, 1.82) is 0 Å². The Balaban J connectivity index is 2.04.